The Morgan fingerprint density at radius 3 is 2.62 bits per heavy atom. The first-order chi connectivity index (χ1) is 10.3. The average Bonchev–Trinajstić information content (AvgIpc) is 2.97. The maximum Gasteiger partial charge on any atom is 0.231 e. The zero-order chi connectivity index (χ0) is 14.2. The number of ether oxygens (including phenoxy) is 2. The van der Waals surface area contributed by atoms with Crippen molar-refractivity contribution in [3.63, 3.8) is 0 Å². The second kappa shape index (κ2) is 4.92. The highest BCUT2D eigenvalue weighted by Crippen LogP contribution is 2.36. The lowest BCUT2D eigenvalue weighted by molar-refractivity contribution is -0.545. The second-order valence-corrected chi connectivity index (χ2v) is 5.61. The van der Waals surface area contributed by atoms with Gasteiger partial charge in [0.1, 0.15) is 6.54 Å². The number of fused-ring (bicyclic) bond motifs is 2. The van der Waals surface area contributed by atoms with Crippen LogP contribution in [0.3, 0.4) is 0 Å². The summed E-state index contributed by atoms with van der Waals surface area (Å²) in [5.41, 5.74) is 5.32. The molecule has 2 aliphatic rings. The van der Waals surface area contributed by atoms with Gasteiger partial charge in [-0.2, -0.15) is 0 Å². The summed E-state index contributed by atoms with van der Waals surface area (Å²) in [6, 6.07) is 14.9. The van der Waals surface area contributed by atoms with Crippen LogP contribution in [-0.4, -0.2) is 23.6 Å². The molecule has 2 aromatic carbocycles. The van der Waals surface area contributed by atoms with Gasteiger partial charge in [-0.25, -0.2) is 4.58 Å². The van der Waals surface area contributed by atoms with E-state index in [1.807, 2.05) is 0 Å². The summed E-state index contributed by atoms with van der Waals surface area (Å²) in [6.07, 6.45) is 1.05. The number of benzene rings is 2. The maximum absolute atomic E-state index is 5.51. The van der Waals surface area contributed by atoms with Gasteiger partial charge in [0.15, 0.2) is 23.8 Å². The van der Waals surface area contributed by atoms with Crippen molar-refractivity contribution in [2.75, 3.05) is 13.3 Å². The molecule has 0 bridgehead atoms. The number of rotatable bonds is 2. The first-order valence-corrected chi connectivity index (χ1v) is 7.36. The Labute approximate surface area is 124 Å². The van der Waals surface area contributed by atoms with E-state index in [9.17, 15) is 0 Å². The average molecular weight is 280 g/mol. The largest absolute Gasteiger partial charge is 0.454 e. The highest BCUT2D eigenvalue weighted by Gasteiger charge is 2.26. The van der Waals surface area contributed by atoms with Crippen LogP contribution in [0.1, 0.15) is 23.6 Å². The number of hydrogen-bond donors (Lipinski definition) is 0. The fourth-order valence-electron chi connectivity index (χ4n) is 3.12. The lowest BCUT2D eigenvalue weighted by Crippen LogP contribution is -2.28. The molecule has 0 saturated carbocycles. The minimum atomic E-state index is 0.338. The monoisotopic (exact) mass is 280 g/mol. The first-order valence-electron chi connectivity index (χ1n) is 7.36. The number of nitrogens with zero attached hydrogens (tertiary/aromatic N) is 1. The molecule has 3 heteroatoms. The third-order valence-corrected chi connectivity index (χ3v) is 4.33. The fraction of sp³-hybridized carbons (Fsp3) is 0.278. The van der Waals surface area contributed by atoms with Crippen molar-refractivity contribution in [3.05, 3.63) is 59.2 Å². The Hall–Kier alpha value is -2.29. The van der Waals surface area contributed by atoms with Crippen molar-refractivity contribution >= 4 is 5.71 Å². The summed E-state index contributed by atoms with van der Waals surface area (Å²) in [6.45, 7) is 4.54. The van der Waals surface area contributed by atoms with Gasteiger partial charge in [-0.05, 0) is 17.7 Å². The van der Waals surface area contributed by atoms with E-state index in [4.69, 9.17) is 9.47 Å². The Kier molecular flexibility index (Phi) is 2.92. The van der Waals surface area contributed by atoms with Gasteiger partial charge in [0.05, 0.1) is 0 Å². The van der Waals surface area contributed by atoms with Gasteiger partial charge in [0.2, 0.25) is 6.79 Å². The molecule has 0 aromatic heterocycles. The second-order valence-electron chi connectivity index (χ2n) is 5.61. The van der Waals surface area contributed by atoms with E-state index < -0.39 is 0 Å². The molecule has 2 aliphatic heterocycles. The molecule has 0 spiro atoms. The quantitative estimate of drug-likeness (QED) is 0.789. The van der Waals surface area contributed by atoms with Gasteiger partial charge in [-0.15, -0.1) is 0 Å². The van der Waals surface area contributed by atoms with Crippen molar-refractivity contribution in [1.29, 1.82) is 0 Å². The van der Waals surface area contributed by atoms with Crippen LogP contribution in [-0.2, 0) is 13.0 Å². The van der Waals surface area contributed by atoms with Gasteiger partial charge in [0.25, 0.3) is 0 Å². The highest BCUT2D eigenvalue weighted by atomic mass is 16.7. The summed E-state index contributed by atoms with van der Waals surface area (Å²) >= 11 is 0. The van der Waals surface area contributed by atoms with Crippen LogP contribution < -0.4 is 9.47 Å². The highest BCUT2D eigenvalue weighted by molar-refractivity contribution is 5.97. The van der Waals surface area contributed by atoms with Gasteiger partial charge < -0.3 is 9.47 Å². The molecule has 0 fully saturated rings. The zero-order valence-electron chi connectivity index (χ0n) is 12.1. The maximum atomic E-state index is 5.51. The molecule has 0 amide bonds. The first kappa shape index (κ1) is 12.5. The molecule has 2 heterocycles. The minimum absolute atomic E-state index is 0.338. The van der Waals surface area contributed by atoms with E-state index in [-0.39, 0.29) is 0 Å². The van der Waals surface area contributed by atoms with Crippen LogP contribution in [0.15, 0.2) is 42.5 Å². The Morgan fingerprint density at radius 2 is 1.81 bits per heavy atom. The lowest BCUT2D eigenvalue weighted by Gasteiger charge is -2.17. The molecule has 106 valence electrons. The predicted molar refractivity (Wildman–Crippen MR) is 81.3 cm³/mol. The van der Waals surface area contributed by atoms with Crippen molar-refractivity contribution in [2.45, 2.75) is 19.9 Å². The molecule has 0 atom stereocenters. The van der Waals surface area contributed by atoms with Crippen molar-refractivity contribution < 1.29 is 14.0 Å². The summed E-state index contributed by atoms with van der Waals surface area (Å²) < 4.78 is 13.4. The van der Waals surface area contributed by atoms with E-state index in [2.05, 4.69) is 54.0 Å². The molecular formula is C18H18NO2+. The van der Waals surface area contributed by atoms with Crippen LogP contribution >= 0.6 is 0 Å². The topological polar surface area (TPSA) is 21.5 Å². The minimum Gasteiger partial charge on any atom is -0.454 e. The smallest absolute Gasteiger partial charge is 0.231 e. The summed E-state index contributed by atoms with van der Waals surface area (Å²) in [5.74, 6) is 1.76. The molecular weight excluding hydrogens is 262 g/mol. The van der Waals surface area contributed by atoms with E-state index in [0.717, 1.165) is 31.0 Å². The molecule has 4 rings (SSSR count). The van der Waals surface area contributed by atoms with Gasteiger partial charge >= 0.3 is 0 Å². The molecule has 0 N–H and O–H groups in total. The van der Waals surface area contributed by atoms with E-state index in [0.29, 0.717) is 6.79 Å². The van der Waals surface area contributed by atoms with Crippen LogP contribution in [0.5, 0.6) is 11.5 Å². The lowest BCUT2D eigenvalue weighted by atomic mass is 9.96. The van der Waals surface area contributed by atoms with Gasteiger partial charge in [0, 0.05) is 24.5 Å². The van der Waals surface area contributed by atoms with Gasteiger partial charge in [-0.1, -0.05) is 30.3 Å². The van der Waals surface area contributed by atoms with Crippen LogP contribution in [0.2, 0.25) is 0 Å². The third kappa shape index (κ3) is 2.19. The standard InChI is InChI=1S/C18H18NO2/c1-13-16-10-18-17(20-12-21-18)9-15(16)7-8-19(13)11-14-5-3-2-4-6-14/h2-6,9-10H,7-8,11-12H2,1H3/q+1. The summed E-state index contributed by atoms with van der Waals surface area (Å²) in [5, 5.41) is 0. The Morgan fingerprint density at radius 1 is 1.05 bits per heavy atom. The van der Waals surface area contributed by atoms with Crippen molar-refractivity contribution in [1.82, 2.24) is 0 Å². The summed E-state index contributed by atoms with van der Waals surface area (Å²) in [4.78, 5) is 0. The Balaban J connectivity index is 1.72. The van der Waals surface area contributed by atoms with Crippen LogP contribution in [0.25, 0.3) is 0 Å². The van der Waals surface area contributed by atoms with Crippen LogP contribution in [0, 0.1) is 0 Å². The van der Waals surface area contributed by atoms with Gasteiger partial charge in [-0.3, -0.25) is 0 Å². The van der Waals surface area contributed by atoms with E-state index >= 15 is 0 Å². The van der Waals surface area contributed by atoms with E-state index in [1.54, 1.807) is 0 Å². The third-order valence-electron chi connectivity index (χ3n) is 4.33. The molecule has 0 unspecified atom stereocenters. The molecule has 0 aliphatic carbocycles. The predicted octanol–water partition coefficient (Wildman–Crippen LogP) is 2.99. The molecule has 0 saturated heterocycles. The van der Waals surface area contributed by atoms with Crippen LogP contribution in [0.4, 0.5) is 0 Å². The van der Waals surface area contributed by atoms with Crippen molar-refractivity contribution in [2.24, 2.45) is 0 Å². The molecule has 3 nitrogen and oxygen atoms in total. The number of hydrogen-bond acceptors (Lipinski definition) is 2. The summed E-state index contributed by atoms with van der Waals surface area (Å²) in [7, 11) is 0. The molecule has 0 radical (unpaired) electrons. The van der Waals surface area contributed by atoms with E-state index in [1.165, 1.54) is 22.4 Å². The fourth-order valence-corrected chi connectivity index (χ4v) is 3.12. The van der Waals surface area contributed by atoms with Crippen molar-refractivity contribution in [3.8, 4) is 11.5 Å². The Bertz CT molecular complexity index is 719. The molecule has 2 aromatic rings. The molecule has 21 heavy (non-hydrogen) atoms. The SMILES string of the molecule is CC1=[N+](Cc2ccccc2)CCc2cc3c(cc21)OCO3. The normalized spacial score (nSPS) is 16.0. The zero-order valence-corrected chi connectivity index (χ0v) is 12.1.